The van der Waals surface area contributed by atoms with Crippen molar-refractivity contribution in [2.45, 2.75) is 48.7 Å². The van der Waals surface area contributed by atoms with Crippen molar-refractivity contribution in [3.63, 3.8) is 0 Å². The summed E-state index contributed by atoms with van der Waals surface area (Å²) < 4.78 is 41.9. The van der Waals surface area contributed by atoms with E-state index in [1.165, 1.54) is 41.3 Å². The molecule has 0 heterocycles. The van der Waals surface area contributed by atoms with Crippen LogP contribution >= 0.6 is 11.6 Å². The average Bonchev–Trinajstić information content (AvgIpc) is 2.96. The highest BCUT2D eigenvalue weighted by Crippen LogP contribution is 2.24. The van der Waals surface area contributed by atoms with E-state index in [2.05, 4.69) is 0 Å². The Bertz CT molecular complexity index is 1470. The van der Waals surface area contributed by atoms with E-state index >= 15 is 0 Å². The van der Waals surface area contributed by atoms with Gasteiger partial charge in [-0.25, -0.2) is 18.0 Å². The SMILES string of the molecule is CC(C)(C)OC(=O)N(CCc1ccc(S(=O)(=O)c2ccc(OCC(=O)OCCO)cc2)cc1)CC(O)c1cccc(Cl)c1. The van der Waals surface area contributed by atoms with Crippen molar-refractivity contribution in [2.24, 2.45) is 0 Å². The Morgan fingerprint density at radius 1 is 0.977 bits per heavy atom. The predicted molar refractivity (Wildman–Crippen MR) is 160 cm³/mol. The second kappa shape index (κ2) is 15.2. The van der Waals surface area contributed by atoms with Gasteiger partial charge in [-0.15, -0.1) is 0 Å². The van der Waals surface area contributed by atoms with Crippen LogP contribution in [0.2, 0.25) is 5.02 Å². The van der Waals surface area contributed by atoms with Crippen LogP contribution in [0.4, 0.5) is 4.79 Å². The quantitative estimate of drug-likeness (QED) is 0.258. The first-order chi connectivity index (χ1) is 20.3. The smallest absolute Gasteiger partial charge is 0.410 e. The summed E-state index contributed by atoms with van der Waals surface area (Å²) in [6.07, 6.45) is -1.19. The molecule has 0 bridgehead atoms. The van der Waals surface area contributed by atoms with Gasteiger partial charge >= 0.3 is 12.1 Å². The van der Waals surface area contributed by atoms with Gasteiger partial charge in [0.1, 0.15) is 18.0 Å². The highest BCUT2D eigenvalue weighted by atomic mass is 35.5. The number of amides is 1. The summed E-state index contributed by atoms with van der Waals surface area (Å²) in [5.74, 6) is -0.373. The Kier molecular flexibility index (Phi) is 12.0. The number of halogens is 1. The molecule has 1 amide bonds. The summed E-state index contributed by atoms with van der Waals surface area (Å²) in [5, 5.41) is 19.9. The highest BCUT2D eigenvalue weighted by Gasteiger charge is 2.25. The van der Waals surface area contributed by atoms with Gasteiger partial charge in [-0.3, -0.25) is 0 Å². The molecule has 1 atom stereocenters. The van der Waals surface area contributed by atoms with Gasteiger partial charge in [-0.05, 0) is 86.8 Å². The molecular formula is C31H36ClNO9S. The number of ether oxygens (including phenoxy) is 3. The predicted octanol–water partition coefficient (Wildman–Crippen LogP) is 4.60. The molecule has 0 aliphatic heterocycles. The molecule has 0 aliphatic carbocycles. The summed E-state index contributed by atoms with van der Waals surface area (Å²) in [4.78, 5) is 26.0. The molecular weight excluding hydrogens is 598 g/mol. The lowest BCUT2D eigenvalue weighted by Gasteiger charge is -2.29. The number of hydrogen-bond donors (Lipinski definition) is 2. The van der Waals surface area contributed by atoms with E-state index in [0.717, 1.165) is 5.56 Å². The number of hydrogen-bond acceptors (Lipinski definition) is 9. The summed E-state index contributed by atoms with van der Waals surface area (Å²) in [7, 11) is -3.83. The van der Waals surface area contributed by atoms with Gasteiger partial charge in [0.25, 0.3) is 0 Å². The van der Waals surface area contributed by atoms with E-state index in [4.69, 9.17) is 30.9 Å². The monoisotopic (exact) mass is 633 g/mol. The molecule has 232 valence electrons. The Hall–Kier alpha value is -3.64. The Labute approximate surface area is 256 Å². The molecule has 2 N–H and O–H groups in total. The van der Waals surface area contributed by atoms with Gasteiger partial charge in [0.15, 0.2) is 6.61 Å². The summed E-state index contributed by atoms with van der Waals surface area (Å²) in [5.41, 5.74) is 0.611. The molecule has 0 spiro atoms. The van der Waals surface area contributed by atoms with Crippen LogP contribution in [0.5, 0.6) is 5.75 Å². The van der Waals surface area contributed by atoms with Crippen molar-refractivity contribution in [3.8, 4) is 5.75 Å². The van der Waals surface area contributed by atoms with Gasteiger partial charge in [0, 0.05) is 11.6 Å². The van der Waals surface area contributed by atoms with Crippen LogP contribution in [0.15, 0.2) is 82.6 Å². The van der Waals surface area contributed by atoms with Crippen LogP contribution in [-0.4, -0.2) is 74.1 Å². The van der Waals surface area contributed by atoms with E-state index in [0.29, 0.717) is 17.0 Å². The number of aliphatic hydroxyl groups is 2. The third-order valence-electron chi connectivity index (χ3n) is 6.03. The van der Waals surface area contributed by atoms with Crippen molar-refractivity contribution < 1.29 is 42.4 Å². The Balaban J connectivity index is 1.66. The molecule has 3 aromatic rings. The fourth-order valence-corrected chi connectivity index (χ4v) is 5.37. The molecule has 0 aliphatic rings. The van der Waals surface area contributed by atoms with E-state index in [1.807, 2.05) is 0 Å². The van der Waals surface area contributed by atoms with Crippen LogP contribution in [0.3, 0.4) is 0 Å². The third kappa shape index (κ3) is 10.5. The molecule has 3 rings (SSSR count). The number of rotatable bonds is 13. The highest BCUT2D eigenvalue weighted by molar-refractivity contribution is 7.91. The number of nitrogens with zero attached hydrogens (tertiary/aromatic N) is 1. The number of carbonyl (C=O) groups excluding carboxylic acids is 2. The lowest BCUT2D eigenvalue weighted by Crippen LogP contribution is -2.40. The van der Waals surface area contributed by atoms with Gasteiger partial charge in [0.05, 0.1) is 29.0 Å². The van der Waals surface area contributed by atoms with Crippen LogP contribution in [0.1, 0.15) is 38.0 Å². The van der Waals surface area contributed by atoms with E-state index < -0.39 is 33.6 Å². The fourth-order valence-electron chi connectivity index (χ4n) is 3.91. The first-order valence-electron chi connectivity index (χ1n) is 13.5. The fraction of sp³-hybridized carbons (Fsp3) is 0.355. The molecule has 1 unspecified atom stereocenters. The van der Waals surface area contributed by atoms with Gasteiger partial charge in [-0.2, -0.15) is 0 Å². The van der Waals surface area contributed by atoms with Crippen LogP contribution < -0.4 is 4.74 Å². The molecule has 10 nitrogen and oxygen atoms in total. The minimum absolute atomic E-state index is 0.0225. The molecule has 0 saturated carbocycles. The summed E-state index contributed by atoms with van der Waals surface area (Å²) in [6.45, 7) is 4.66. The van der Waals surface area contributed by atoms with Crippen LogP contribution in [0.25, 0.3) is 0 Å². The molecule has 3 aromatic carbocycles. The largest absolute Gasteiger partial charge is 0.482 e. The maximum absolute atomic E-state index is 13.2. The number of aliphatic hydroxyl groups excluding tert-OH is 2. The van der Waals surface area contributed by atoms with Crippen LogP contribution in [0, 0.1) is 0 Å². The number of benzene rings is 3. The molecule has 0 saturated heterocycles. The number of esters is 1. The van der Waals surface area contributed by atoms with Crippen molar-refractivity contribution >= 4 is 33.5 Å². The van der Waals surface area contributed by atoms with E-state index in [-0.39, 0.29) is 48.5 Å². The van der Waals surface area contributed by atoms with Gasteiger partial charge in [-0.1, -0.05) is 35.9 Å². The lowest BCUT2D eigenvalue weighted by molar-refractivity contribution is -0.146. The summed E-state index contributed by atoms with van der Waals surface area (Å²) >= 11 is 6.06. The van der Waals surface area contributed by atoms with Crippen molar-refractivity contribution in [1.29, 1.82) is 0 Å². The minimum Gasteiger partial charge on any atom is -0.482 e. The molecule has 0 radical (unpaired) electrons. The molecule has 12 heteroatoms. The Morgan fingerprint density at radius 2 is 1.60 bits per heavy atom. The maximum Gasteiger partial charge on any atom is 0.410 e. The zero-order valence-corrected chi connectivity index (χ0v) is 25.8. The lowest BCUT2D eigenvalue weighted by atomic mass is 10.1. The van der Waals surface area contributed by atoms with Crippen LogP contribution in [-0.2, 0) is 30.5 Å². The second-order valence-corrected chi connectivity index (χ2v) is 13.0. The topological polar surface area (TPSA) is 140 Å². The van der Waals surface area contributed by atoms with Crippen molar-refractivity contribution in [2.75, 3.05) is 32.9 Å². The van der Waals surface area contributed by atoms with Crippen molar-refractivity contribution in [3.05, 3.63) is 88.9 Å². The second-order valence-electron chi connectivity index (χ2n) is 10.6. The average molecular weight is 634 g/mol. The first-order valence-corrected chi connectivity index (χ1v) is 15.4. The normalized spacial score (nSPS) is 12.3. The first kappa shape index (κ1) is 33.9. The zero-order chi connectivity index (χ0) is 31.6. The Morgan fingerprint density at radius 3 is 2.19 bits per heavy atom. The van der Waals surface area contributed by atoms with Crippen molar-refractivity contribution in [1.82, 2.24) is 4.90 Å². The summed E-state index contributed by atoms with van der Waals surface area (Å²) in [6, 6.07) is 18.7. The number of carbonyl (C=O) groups is 2. The number of sulfone groups is 1. The van der Waals surface area contributed by atoms with E-state index in [1.54, 1.807) is 57.2 Å². The standard InChI is InChI=1S/C31H36ClNO9S/c1-31(2,3)42-30(37)33(20-28(35)23-5-4-6-24(32)19-23)16-15-22-7-11-26(12-8-22)43(38,39)27-13-9-25(10-14-27)41-21-29(36)40-18-17-34/h4-14,19,28,34-35H,15-18,20-21H2,1-3H3. The third-order valence-corrected chi connectivity index (χ3v) is 8.05. The maximum atomic E-state index is 13.2. The minimum atomic E-state index is -3.83. The van der Waals surface area contributed by atoms with Gasteiger partial charge in [0.2, 0.25) is 9.84 Å². The zero-order valence-electron chi connectivity index (χ0n) is 24.2. The molecule has 0 fully saturated rings. The molecule has 0 aromatic heterocycles. The van der Waals surface area contributed by atoms with E-state index in [9.17, 15) is 23.1 Å². The van der Waals surface area contributed by atoms with Gasteiger partial charge < -0.3 is 29.3 Å². The molecule has 43 heavy (non-hydrogen) atoms.